The SMILES string of the molecule is CCCCOCCC1(CN)CCCS1. The number of hydrogen-bond donors (Lipinski definition) is 1. The molecule has 0 radical (unpaired) electrons. The van der Waals surface area contributed by atoms with Gasteiger partial charge in [-0.25, -0.2) is 0 Å². The summed E-state index contributed by atoms with van der Waals surface area (Å²) < 4.78 is 5.95. The van der Waals surface area contributed by atoms with Gasteiger partial charge < -0.3 is 10.5 Å². The summed E-state index contributed by atoms with van der Waals surface area (Å²) in [6.45, 7) is 4.82. The number of nitrogens with two attached hydrogens (primary N) is 1. The molecule has 1 heterocycles. The quantitative estimate of drug-likeness (QED) is 0.665. The first-order chi connectivity index (χ1) is 6.83. The Morgan fingerprint density at radius 3 is 2.86 bits per heavy atom. The second-order valence-corrected chi connectivity index (χ2v) is 5.62. The zero-order valence-electron chi connectivity index (χ0n) is 9.26. The fraction of sp³-hybridized carbons (Fsp3) is 1.00. The maximum Gasteiger partial charge on any atom is 0.0479 e. The Hall–Kier alpha value is 0.270. The molecule has 0 spiro atoms. The molecule has 0 saturated carbocycles. The topological polar surface area (TPSA) is 35.2 Å². The molecular weight excluding hydrogens is 194 g/mol. The number of unbranched alkanes of at least 4 members (excludes halogenated alkanes) is 1. The number of ether oxygens (including phenoxy) is 1. The van der Waals surface area contributed by atoms with Crippen LogP contribution in [0.1, 0.15) is 39.0 Å². The van der Waals surface area contributed by atoms with Gasteiger partial charge in [0, 0.05) is 24.5 Å². The maximum absolute atomic E-state index is 5.83. The first kappa shape index (κ1) is 12.3. The maximum atomic E-state index is 5.83. The molecule has 0 aromatic heterocycles. The molecule has 0 aromatic rings. The van der Waals surface area contributed by atoms with Crippen molar-refractivity contribution in [2.75, 3.05) is 25.5 Å². The minimum absolute atomic E-state index is 0.353. The molecule has 3 heteroatoms. The van der Waals surface area contributed by atoms with Gasteiger partial charge >= 0.3 is 0 Å². The minimum atomic E-state index is 0.353. The molecule has 1 rings (SSSR count). The summed E-state index contributed by atoms with van der Waals surface area (Å²) in [5.74, 6) is 1.28. The average molecular weight is 217 g/mol. The Kier molecular flexibility index (Phi) is 5.90. The van der Waals surface area contributed by atoms with Crippen LogP contribution in [-0.4, -0.2) is 30.3 Å². The molecule has 0 bridgehead atoms. The van der Waals surface area contributed by atoms with E-state index < -0.39 is 0 Å². The third-order valence-electron chi connectivity index (χ3n) is 2.90. The highest BCUT2D eigenvalue weighted by atomic mass is 32.2. The average Bonchev–Trinajstić information content (AvgIpc) is 2.67. The summed E-state index contributed by atoms with van der Waals surface area (Å²) >= 11 is 2.05. The highest BCUT2D eigenvalue weighted by molar-refractivity contribution is 8.00. The van der Waals surface area contributed by atoms with Crippen molar-refractivity contribution < 1.29 is 4.74 Å². The second-order valence-electron chi connectivity index (χ2n) is 4.06. The van der Waals surface area contributed by atoms with E-state index in [0.717, 1.165) is 26.2 Å². The van der Waals surface area contributed by atoms with Crippen LogP contribution >= 0.6 is 11.8 Å². The van der Waals surface area contributed by atoms with E-state index in [4.69, 9.17) is 10.5 Å². The van der Waals surface area contributed by atoms with Crippen LogP contribution in [0.15, 0.2) is 0 Å². The van der Waals surface area contributed by atoms with Gasteiger partial charge in [0.15, 0.2) is 0 Å². The molecule has 0 aromatic carbocycles. The van der Waals surface area contributed by atoms with E-state index in [1.54, 1.807) is 0 Å². The Bertz CT molecular complexity index is 146. The summed E-state index contributed by atoms with van der Waals surface area (Å²) in [5.41, 5.74) is 5.83. The highest BCUT2D eigenvalue weighted by Gasteiger charge is 2.32. The van der Waals surface area contributed by atoms with Crippen LogP contribution in [0.4, 0.5) is 0 Å². The van der Waals surface area contributed by atoms with E-state index in [1.165, 1.54) is 31.4 Å². The van der Waals surface area contributed by atoms with Crippen molar-refractivity contribution in [3.05, 3.63) is 0 Å². The molecule has 1 aliphatic rings. The lowest BCUT2D eigenvalue weighted by Crippen LogP contribution is -2.33. The van der Waals surface area contributed by atoms with E-state index in [0.29, 0.717) is 4.75 Å². The van der Waals surface area contributed by atoms with Crippen molar-refractivity contribution in [3.63, 3.8) is 0 Å². The van der Waals surface area contributed by atoms with E-state index in [-0.39, 0.29) is 0 Å². The lowest BCUT2D eigenvalue weighted by molar-refractivity contribution is 0.121. The number of rotatable bonds is 7. The van der Waals surface area contributed by atoms with Crippen LogP contribution in [0.3, 0.4) is 0 Å². The molecule has 2 nitrogen and oxygen atoms in total. The van der Waals surface area contributed by atoms with Gasteiger partial charge in [-0.3, -0.25) is 0 Å². The van der Waals surface area contributed by atoms with Crippen LogP contribution in [0.2, 0.25) is 0 Å². The monoisotopic (exact) mass is 217 g/mol. The van der Waals surface area contributed by atoms with Gasteiger partial charge in [-0.05, 0) is 31.4 Å². The summed E-state index contributed by atoms with van der Waals surface area (Å²) in [7, 11) is 0. The third-order valence-corrected chi connectivity index (χ3v) is 4.58. The number of hydrogen-bond acceptors (Lipinski definition) is 3. The summed E-state index contributed by atoms with van der Waals surface area (Å²) in [6.07, 6.45) is 6.15. The molecule has 1 saturated heterocycles. The fourth-order valence-corrected chi connectivity index (χ4v) is 3.18. The van der Waals surface area contributed by atoms with Crippen LogP contribution in [-0.2, 0) is 4.74 Å². The number of thioether (sulfide) groups is 1. The van der Waals surface area contributed by atoms with Crippen LogP contribution in [0.5, 0.6) is 0 Å². The lowest BCUT2D eigenvalue weighted by atomic mass is 10.00. The molecule has 1 unspecified atom stereocenters. The minimum Gasteiger partial charge on any atom is -0.381 e. The van der Waals surface area contributed by atoms with E-state index in [9.17, 15) is 0 Å². The predicted molar refractivity (Wildman–Crippen MR) is 63.8 cm³/mol. The van der Waals surface area contributed by atoms with Crippen molar-refractivity contribution in [1.82, 2.24) is 0 Å². The molecule has 14 heavy (non-hydrogen) atoms. The van der Waals surface area contributed by atoms with E-state index in [2.05, 4.69) is 6.92 Å². The second kappa shape index (κ2) is 6.70. The fourth-order valence-electron chi connectivity index (χ4n) is 1.82. The standard InChI is InChI=1S/C11H23NOS/c1-2-3-7-13-8-6-11(10-12)5-4-9-14-11/h2-10,12H2,1H3. The third kappa shape index (κ3) is 3.79. The Morgan fingerprint density at radius 2 is 2.29 bits per heavy atom. The van der Waals surface area contributed by atoms with Crippen molar-refractivity contribution in [1.29, 1.82) is 0 Å². The summed E-state index contributed by atoms with van der Waals surface area (Å²) in [6, 6.07) is 0. The molecule has 84 valence electrons. The Balaban J connectivity index is 2.08. The van der Waals surface area contributed by atoms with Crippen LogP contribution in [0.25, 0.3) is 0 Å². The molecule has 1 aliphatic heterocycles. The molecule has 2 N–H and O–H groups in total. The van der Waals surface area contributed by atoms with Crippen molar-refractivity contribution in [2.45, 2.75) is 43.8 Å². The zero-order valence-corrected chi connectivity index (χ0v) is 10.1. The molecular formula is C11H23NOS. The first-order valence-corrected chi connectivity index (χ1v) is 6.73. The van der Waals surface area contributed by atoms with Crippen LogP contribution in [0, 0.1) is 0 Å². The van der Waals surface area contributed by atoms with Crippen molar-refractivity contribution in [2.24, 2.45) is 5.73 Å². The van der Waals surface area contributed by atoms with Gasteiger partial charge in [-0.15, -0.1) is 0 Å². The van der Waals surface area contributed by atoms with Gasteiger partial charge in [0.1, 0.15) is 0 Å². The van der Waals surface area contributed by atoms with Gasteiger partial charge in [0.2, 0.25) is 0 Å². The molecule has 1 fully saturated rings. The Labute approximate surface area is 92.0 Å². The van der Waals surface area contributed by atoms with Crippen molar-refractivity contribution in [3.8, 4) is 0 Å². The van der Waals surface area contributed by atoms with Gasteiger partial charge in [0.05, 0.1) is 0 Å². The molecule has 1 atom stereocenters. The normalized spacial score (nSPS) is 27.0. The van der Waals surface area contributed by atoms with Gasteiger partial charge in [-0.1, -0.05) is 13.3 Å². The first-order valence-electron chi connectivity index (χ1n) is 5.75. The highest BCUT2D eigenvalue weighted by Crippen LogP contribution is 2.39. The van der Waals surface area contributed by atoms with Crippen LogP contribution < -0.4 is 5.73 Å². The smallest absolute Gasteiger partial charge is 0.0479 e. The van der Waals surface area contributed by atoms with Crippen molar-refractivity contribution >= 4 is 11.8 Å². The molecule has 0 amide bonds. The largest absolute Gasteiger partial charge is 0.381 e. The molecule has 0 aliphatic carbocycles. The van der Waals surface area contributed by atoms with E-state index >= 15 is 0 Å². The van der Waals surface area contributed by atoms with Gasteiger partial charge in [0.25, 0.3) is 0 Å². The van der Waals surface area contributed by atoms with Gasteiger partial charge in [-0.2, -0.15) is 11.8 Å². The Morgan fingerprint density at radius 1 is 1.43 bits per heavy atom. The summed E-state index contributed by atoms with van der Waals surface area (Å²) in [5, 5.41) is 0. The predicted octanol–water partition coefficient (Wildman–Crippen LogP) is 2.42. The lowest BCUT2D eigenvalue weighted by Gasteiger charge is -2.25. The zero-order chi connectivity index (χ0) is 10.3. The summed E-state index contributed by atoms with van der Waals surface area (Å²) in [4.78, 5) is 0. The van der Waals surface area contributed by atoms with E-state index in [1.807, 2.05) is 11.8 Å².